The first-order chi connectivity index (χ1) is 14.8. The van der Waals surface area contributed by atoms with Crippen LogP contribution in [0.5, 0.6) is 23.0 Å². The van der Waals surface area contributed by atoms with Crippen LogP contribution in [0.2, 0.25) is 0 Å². The van der Waals surface area contributed by atoms with Crippen molar-refractivity contribution >= 4 is 11.6 Å². The van der Waals surface area contributed by atoms with E-state index in [9.17, 15) is 4.79 Å². The van der Waals surface area contributed by atoms with Crippen molar-refractivity contribution in [3.63, 3.8) is 0 Å². The number of fused-ring (bicyclic) bond motifs is 2. The summed E-state index contributed by atoms with van der Waals surface area (Å²) >= 11 is 0. The second kappa shape index (κ2) is 7.99. The lowest BCUT2D eigenvalue weighted by Gasteiger charge is -2.31. The summed E-state index contributed by atoms with van der Waals surface area (Å²) in [6.07, 6.45) is -0.725. The molecule has 0 fully saturated rings. The van der Waals surface area contributed by atoms with E-state index in [1.54, 1.807) is 4.90 Å². The first kappa shape index (κ1) is 18.4. The van der Waals surface area contributed by atoms with E-state index in [-0.39, 0.29) is 12.5 Å². The van der Waals surface area contributed by atoms with Crippen LogP contribution in [0.25, 0.3) is 0 Å². The third-order valence-electron chi connectivity index (χ3n) is 5.07. The van der Waals surface area contributed by atoms with Gasteiger partial charge in [-0.2, -0.15) is 0 Å². The van der Waals surface area contributed by atoms with Crippen LogP contribution >= 0.6 is 0 Å². The summed E-state index contributed by atoms with van der Waals surface area (Å²) in [5.41, 5.74) is 1.73. The van der Waals surface area contributed by atoms with Crippen LogP contribution in [0.15, 0.2) is 72.8 Å². The molecule has 0 aromatic heterocycles. The average Bonchev–Trinajstić information content (AvgIpc) is 2.82. The summed E-state index contributed by atoms with van der Waals surface area (Å²) in [6, 6.07) is 22.7. The Kier molecular flexibility index (Phi) is 4.89. The minimum atomic E-state index is -0.725. The quantitative estimate of drug-likeness (QED) is 0.663. The lowest BCUT2D eigenvalue weighted by molar-refractivity contribution is -0.127. The van der Waals surface area contributed by atoms with Gasteiger partial charge in [0, 0.05) is 5.69 Å². The average molecular weight is 403 g/mol. The van der Waals surface area contributed by atoms with E-state index in [1.165, 1.54) is 0 Å². The summed E-state index contributed by atoms with van der Waals surface area (Å²) in [4.78, 5) is 15.2. The number of hydrogen-bond acceptors (Lipinski definition) is 5. The smallest absolute Gasteiger partial charge is 0.271 e. The Labute approximate surface area is 174 Å². The Balaban J connectivity index is 1.42. The van der Waals surface area contributed by atoms with Crippen LogP contribution in [0.1, 0.15) is 5.56 Å². The van der Waals surface area contributed by atoms with E-state index >= 15 is 0 Å². The molecule has 6 nitrogen and oxygen atoms in total. The first-order valence-electron chi connectivity index (χ1n) is 9.91. The number of amides is 1. The molecule has 1 amide bonds. The highest BCUT2D eigenvalue weighted by atomic mass is 16.6. The molecule has 2 aliphatic heterocycles. The molecule has 0 saturated heterocycles. The van der Waals surface area contributed by atoms with Gasteiger partial charge in [0.05, 0.1) is 6.54 Å². The van der Waals surface area contributed by atoms with Crippen LogP contribution in [0.3, 0.4) is 0 Å². The van der Waals surface area contributed by atoms with Gasteiger partial charge in [-0.3, -0.25) is 4.79 Å². The lowest BCUT2D eigenvalue weighted by atomic mass is 10.1. The van der Waals surface area contributed by atoms with E-state index in [1.807, 2.05) is 72.8 Å². The molecule has 0 unspecified atom stereocenters. The molecule has 3 aromatic carbocycles. The van der Waals surface area contributed by atoms with E-state index in [4.69, 9.17) is 18.9 Å². The van der Waals surface area contributed by atoms with Gasteiger partial charge in [0.15, 0.2) is 23.0 Å². The van der Waals surface area contributed by atoms with Gasteiger partial charge in [-0.1, -0.05) is 36.4 Å². The number of carbonyl (C=O) groups is 1. The third kappa shape index (κ3) is 3.64. The normalized spacial score (nSPS) is 16.6. The van der Waals surface area contributed by atoms with Crippen LogP contribution in [0.4, 0.5) is 5.69 Å². The minimum Gasteiger partial charge on any atom is -0.486 e. The molecule has 0 spiro atoms. The Bertz CT molecular complexity index is 1050. The highest BCUT2D eigenvalue weighted by Crippen LogP contribution is 2.34. The van der Waals surface area contributed by atoms with Gasteiger partial charge < -0.3 is 23.8 Å². The number of anilines is 1. The Morgan fingerprint density at radius 1 is 0.800 bits per heavy atom. The van der Waals surface area contributed by atoms with Crippen LogP contribution in [-0.4, -0.2) is 31.8 Å². The Hall–Kier alpha value is -3.67. The maximum atomic E-state index is 13.5. The predicted molar refractivity (Wildman–Crippen MR) is 111 cm³/mol. The van der Waals surface area contributed by atoms with Crippen LogP contribution < -0.4 is 23.8 Å². The molecule has 1 atom stereocenters. The highest BCUT2D eigenvalue weighted by Gasteiger charge is 2.32. The number of nitrogens with zero attached hydrogens (tertiary/aromatic N) is 1. The van der Waals surface area contributed by atoms with Crippen molar-refractivity contribution in [2.75, 3.05) is 24.7 Å². The van der Waals surface area contributed by atoms with Crippen molar-refractivity contribution in [3.05, 3.63) is 78.4 Å². The molecule has 3 aromatic rings. The molecular weight excluding hydrogens is 382 g/mol. The SMILES string of the molecule is O=C([C@H]1COc2ccccc2O1)N(Cc1ccc2c(c1)OCCO2)c1ccccc1. The second-order valence-corrected chi connectivity index (χ2v) is 7.10. The largest absolute Gasteiger partial charge is 0.486 e. The molecule has 30 heavy (non-hydrogen) atoms. The van der Waals surface area contributed by atoms with Crippen molar-refractivity contribution in [3.8, 4) is 23.0 Å². The molecule has 2 aliphatic rings. The molecule has 0 N–H and O–H groups in total. The highest BCUT2D eigenvalue weighted by molar-refractivity contribution is 5.97. The summed E-state index contributed by atoms with van der Waals surface area (Å²) < 4.78 is 23.0. The zero-order valence-electron chi connectivity index (χ0n) is 16.3. The number of rotatable bonds is 4. The zero-order chi connectivity index (χ0) is 20.3. The number of benzene rings is 3. The summed E-state index contributed by atoms with van der Waals surface area (Å²) in [5.74, 6) is 2.49. The summed E-state index contributed by atoms with van der Waals surface area (Å²) in [5, 5.41) is 0. The van der Waals surface area contributed by atoms with Gasteiger partial charge >= 0.3 is 0 Å². The number of para-hydroxylation sites is 3. The Morgan fingerprint density at radius 3 is 2.33 bits per heavy atom. The number of hydrogen-bond donors (Lipinski definition) is 0. The molecule has 0 bridgehead atoms. The topological polar surface area (TPSA) is 57.2 Å². The molecular formula is C24H21NO5. The zero-order valence-corrected chi connectivity index (χ0v) is 16.3. The number of carbonyl (C=O) groups excluding carboxylic acids is 1. The number of ether oxygens (including phenoxy) is 4. The maximum Gasteiger partial charge on any atom is 0.271 e. The minimum absolute atomic E-state index is 0.161. The first-order valence-corrected chi connectivity index (χ1v) is 9.91. The fourth-order valence-electron chi connectivity index (χ4n) is 3.59. The van der Waals surface area contributed by atoms with E-state index in [0.717, 1.165) is 17.0 Å². The van der Waals surface area contributed by atoms with Crippen LogP contribution in [0, 0.1) is 0 Å². The van der Waals surface area contributed by atoms with Gasteiger partial charge in [0.25, 0.3) is 5.91 Å². The predicted octanol–water partition coefficient (Wildman–Crippen LogP) is 3.83. The fraction of sp³-hybridized carbons (Fsp3) is 0.208. The van der Waals surface area contributed by atoms with E-state index in [0.29, 0.717) is 37.0 Å². The molecule has 0 saturated carbocycles. The monoisotopic (exact) mass is 403 g/mol. The molecule has 6 heteroatoms. The van der Waals surface area contributed by atoms with Crippen LogP contribution in [-0.2, 0) is 11.3 Å². The van der Waals surface area contributed by atoms with Crippen molar-refractivity contribution in [2.24, 2.45) is 0 Å². The summed E-state index contributed by atoms with van der Waals surface area (Å²) in [7, 11) is 0. The van der Waals surface area contributed by atoms with Crippen molar-refractivity contribution in [2.45, 2.75) is 12.6 Å². The molecule has 5 rings (SSSR count). The Morgan fingerprint density at radius 2 is 1.50 bits per heavy atom. The standard InChI is InChI=1S/C24H21NO5/c26-24(23-16-29-19-8-4-5-9-21(19)30-23)25(18-6-2-1-3-7-18)15-17-10-11-20-22(14-17)28-13-12-27-20/h1-11,14,23H,12-13,15-16H2/t23-/m1/s1. The maximum absolute atomic E-state index is 13.5. The van der Waals surface area contributed by atoms with Gasteiger partial charge in [-0.15, -0.1) is 0 Å². The molecule has 2 heterocycles. The fourth-order valence-corrected chi connectivity index (χ4v) is 3.59. The van der Waals surface area contributed by atoms with Gasteiger partial charge in [-0.25, -0.2) is 0 Å². The summed E-state index contributed by atoms with van der Waals surface area (Å²) in [6.45, 7) is 1.60. The van der Waals surface area contributed by atoms with E-state index in [2.05, 4.69) is 0 Å². The van der Waals surface area contributed by atoms with Crippen molar-refractivity contribution in [1.29, 1.82) is 0 Å². The molecule has 152 valence electrons. The van der Waals surface area contributed by atoms with Crippen molar-refractivity contribution in [1.82, 2.24) is 0 Å². The molecule has 0 aliphatic carbocycles. The van der Waals surface area contributed by atoms with Gasteiger partial charge in [0.2, 0.25) is 6.10 Å². The molecule has 0 radical (unpaired) electrons. The van der Waals surface area contributed by atoms with E-state index < -0.39 is 6.10 Å². The van der Waals surface area contributed by atoms with Crippen molar-refractivity contribution < 1.29 is 23.7 Å². The third-order valence-corrected chi connectivity index (χ3v) is 5.07. The van der Waals surface area contributed by atoms with Gasteiger partial charge in [0.1, 0.15) is 19.8 Å². The van der Waals surface area contributed by atoms with Gasteiger partial charge in [-0.05, 0) is 42.0 Å². The second-order valence-electron chi connectivity index (χ2n) is 7.10. The lowest BCUT2D eigenvalue weighted by Crippen LogP contribution is -2.46.